The molecule has 0 fully saturated rings. The number of hydrogen-bond donors (Lipinski definition) is 1. The van der Waals surface area contributed by atoms with E-state index in [-0.39, 0.29) is 28.1 Å². The number of benzene rings is 2. The van der Waals surface area contributed by atoms with Crippen LogP contribution in [0.5, 0.6) is 5.88 Å². The van der Waals surface area contributed by atoms with Crippen LogP contribution in [0.25, 0.3) is 6.08 Å². The fraction of sp³-hybridized carbons (Fsp3) is 0.125. The lowest BCUT2D eigenvalue weighted by Gasteiger charge is -2.27. The van der Waals surface area contributed by atoms with Crippen molar-refractivity contribution in [1.82, 2.24) is 10.3 Å². The van der Waals surface area contributed by atoms with Gasteiger partial charge in [0.2, 0.25) is 11.7 Å². The second-order valence-corrected chi connectivity index (χ2v) is 8.87. The number of carbonyl (C=O) groups excluding carboxylic acids is 2. The van der Waals surface area contributed by atoms with Gasteiger partial charge in [0.25, 0.3) is 5.91 Å². The molecule has 0 saturated heterocycles. The first kappa shape index (κ1) is 23.2. The van der Waals surface area contributed by atoms with Crippen molar-refractivity contribution < 1.29 is 27.3 Å². The SMILES string of the molecule is COc1ccc(CNC(=O)c2ccc3c(c2)C(=O)/C(=C/c2ccc(F)c(F)c2)S(=O)N3C)cn1. The Morgan fingerprint density at radius 2 is 1.94 bits per heavy atom. The third-order valence-electron chi connectivity index (χ3n) is 5.20. The topological polar surface area (TPSA) is 88.6 Å². The molecule has 1 atom stereocenters. The maximum absolute atomic E-state index is 13.6. The second-order valence-electron chi connectivity index (χ2n) is 7.38. The van der Waals surface area contributed by atoms with Crippen molar-refractivity contribution in [3.8, 4) is 5.88 Å². The van der Waals surface area contributed by atoms with Crippen molar-refractivity contribution in [2.45, 2.75) is 6.54 Å². The van der Waals surface area contributed by atoms with Crippen LogP contribution in [0.2, 0.25) is 0 Å². The molecule has 2 heterocycles. The molecule has 1 unspecified atom stereocenters. The van der Waals surface area contributed by atoms with Gasteiger partial charge in [-0.25, -0.2) is 18.0 Å². The van der Waals surface area contributed by atoms with Gasteiger partial charge in [-0.3, -0.25) is 13.9 Å². The minimum absolute atomic E-state index is 0.108. The first-order chi connectivity index (χ1) is 16.3. The number of anilines is 1. The van der Waals surface area contributed by atoms with Crippen molar-refractivity contribution in [2.75, 3.05) is 18.5 Å². The number of nitrogens with one attached hydrogen (secondary N) is 1. The van der Waals surface area contributed by atoms with E-state index in [2.05, 4.69) is 10.3 Å². The lowest BCUT2D eigenvalue weighted by Crippen LogP contribution is -2.32. The second kappa shape index (κ2) is 9.52. The highest BCUT2D eigenvalue weighted by molar-refractivity contribution is 7.91. The molecule has 1 aliphatic heterocycles. The molecule has 1 amide bonds. The van der Waals surface area contributed by atoms with Gasteiger partial charge in [-0.1, -0.05) is 12.1 Å². The smallest absolute Gasteiger partial charge is 0.251 e. The van der Waals surface area contributed by atoms with Gasteiger partial charge in [-0.15, -0.1) is 0 Å². The zero-order chi connectivity index (χ0) is 24.4. The van der Waals surface area contributed by atoms with E-state index in [1.807, 2.05) is 0 Å². The molecule has 3 aromatic rings. The van der Waals surface area contributed by atoms with Gasteiger partial charge >= 0.3 is 0 Å². The van der Waals surface area contributed by atoms with E-state index < -0.39 is 34.3 Å². The lowest BCUT2D eigenvalue weighted by molar-refractivity contribution is 0.0951. The van der Waals surface area contributed by atoms with E-state index in [9.17, 15) is 22.6 Å². The van der Waals surface area contributed by atoms with Crippen molar-refractivity contribution in [2.24, 2.45) is 0 Å². The van der Waals surface area contributed by atoms with Gasteiger partial charge in [0.05, 0.1) is 12.8 Å². The number of nitrogens with zero attached hydrogens (tertiary/aromatic N) is 2. The third-order valence-corrected chi connectivity index (χ3v) is 6.58. The fourth-order valence-electron chi connectivity index (χ4n) is 3.37. The number of carbonyl (C=O) groups is 2. The predicted molar refractivity (Wildman–Crippen MR) is 124 cm³/mol. The summed E-state index contributed by atoms with van der Waals surface area (Å²) in [5.74, 6) is -2.63. The number of aromatic nitrogens is 1. The molecule has 10 heteroatoms. The number of amides is 1. The number of Topliss-reactive ketones (excluding diaryl/α,β-unsaturated/α-hetero) is 1. The molecule has 1 N–H and O–H groups in total. The summed E-state index contributed by atoms with van der Waals surface area (Å²) < 4.78 is 46.1. The number of pyridine rings is 1. The maximum Gasteiger partial charge on any atom is 0.251 e. The summed E-state index contributed by atoms with van der Waals surface area (Å²) in [6.45, 7) is 0.214. The average molecular weight is 483 g/mol. The molecule has 0 spiro atoms. The predicted octanol–water partition coefficient (Wildman–Crippen LogP) is 3.64. The van der Waals surface area contributed by atoms with Crippen LogP contribution in [-0.2, 0) is 17.5 Å². The molecule has 34 heavy (non-hydrogen) atoms. The minimum Gasteiger partial charge on any atom is -0.481 e. The van der Waals surface area contributed by atoms with Crippen LogP contribution in [-0.4, -0.2) is 35.0 Å². The van der Waals surface area contributed by atoms with Crippen LogP contribution in [0.3, 0.4) is 0 Å². The largest absolute Gasteiger partial charge is 0.481 e. The number of fused-ring (bicyclic) bond motifs is 1. The molecule has 1 aliphatic rings. The molecule has 4 rings (SSSR count). The summed E-state index contributed by atoms with van der Waals surface area (Å²) in [5.41, 5.74) is 1.75. The normalized spacial score (nSPS) is 16.4. The van der Waals surface area contributed by atoms with Gasteiger partial charge < -0.3 is 10.1 Å². The Labute approximate surface area is 196 Å². The Hall–Kier alpha value is -3.92. The highest BCUT2D eigenvalue weighted by Gasteiger charge is 2.32. The quantitative estimate of drug-likeness (QED) is 0.560. The van der Waals surface area contributed by atoms with Crippen molar-refractivity contribution in [1.29, 1.82) is 0 Å². The maximum atomic E-state index is 13.6. The van der Waals surface area contributed by atoms with Gasteiger partial charge in [-0.2, -0.15) is 0 Å². The van der Waals surface area contributed by atoms with Crippen LogP contribution < -0.4 is 14.4 Å². The highest BCUT2D eigenvalue weighted by atomic mass is 32.2. The van der Waals surface area contributed by atoms with E-state index >= 15 is 0 Å². The summed E-state index contributed by atoms with van der Waals surface area (Å²) in [7, 11) is 1.18. The zero-order valence-corrected chi connectivity index (χ0v) is 19.0. The summed E-state index contributed by atoms with van der Waals surface area (Å²) in [6.07, 6.45) is 2.83. The molecule has 174 valence electrons. The van der Waals surface area contributed by atoms with Gasteiger partial charge in [0.1, 0.15) is 4.91 Å². The van der Waals surface area contributed by atoms with Crippen LogP contribution in [0, 0.1) is 11.6 Å². The molecular formula is C24H19F2N3O4S. The Morgan fingerprint density at radius 3 is 2.62 bits per heavy atom. The van der Waals surface area contributed by atoms with E-state index in [0.29, 0.717) is 11.6 Å². The monoisotopic (exact) mass is 483 g/mol. The number of methoxy groups -OCH3 is 1. The number of halogens is 2. The average Bonchev–Trinajstić information content (AvgIpc) is 2.85. The highest BCUT2D eigenvalue weighted by Crippen LogP contribution is 2.33. The fourth-order valence-corrected chi connectivity index (χ4v) is 4.51. The van der Waals surface area contributed by atoms with E-state index in [1.165, 1.54) is 42.7 Å². The van der Waals surface area contributed by atoms with Crippen LogP contribution in [0.4, 0.5) is 14.5 Å². The molecule has 0 radical (unpaired) electrons. The Morgan fingerprint density at radius 1 is 1.15 bits per heavy atom. The molecule has 2 aromatic carbocycles. The van der Waals surface area contributed by atoms with E-state index in [1.54, 1.807) is 24.4 Å². The van der Waals surface area contributed by atoms with Crippen molar-refractivity contribution >= 4 is 34.4 Å². The van der Waals surface area contributed by atoms with E-state index in [0.717, 1.165) is 17.7 Å². The Balaban J connectivity index is 1.59. The molecule has 0 aliphatic carbocycles. The van der Waals surface area contributed by atoms with Crippen LogP contribution in [0.1, 0.15) is 31.8 Å². The summed E-state index contributed by atoms with van der Waals surface area (Å²) in [6, 6.07) is 11.1. The lowest BCUT2D eigenvalue weighted by atomic mass is 10.0. The molecule has 0 bridgehead atoms. The Kier molecular flexibility index (Phi) is 6.51. The number of rotatable bonds is 5. The van der Waals surface area contributed by atoms with E-state index in [4.69, 9.17) is 4.74 Å². The van der Waals surface area contributed by atoms with Crippen LogP contribution in [0.15, 0.2) is 59.6 Å². The number of ketones is 1. The van der Waals surface area contributed by atoms with Crippen molar-refractivity contribution in [3.63, 3.8) is 0 Å². The summed E-state index contributed by atoms with van der Waals surface area (Å²) in [4.78, 5) is 29.8. The van der Waals surface area contributed by atoms with Gasteiger partial charge in [0.15, 0.2) is 22.6 Å². The Bertz CT molecular complexity index is 1340. The molecule has 7 nitrogen and oxygen atoms in total. The third kappa shape index (κ3) is 4.58. The standard InChI is InChI=1S/C24H19F2N3O4S/c1-29-20-7-5-16(24(31)28-13-15-4-8-22(33-2)27-12-15)11-17(20)23(30)21(34(29)32)10-14-3-6-18(25)19(26)9-14/h3-12H,13H2,1-2H3,(H,28,31)/b21-10-. The van der Waals surface area contributed by atoms with Crippen molar-refractivity contribution in [3.05, 3.63) is 93.5 Å². The number of ether oxygens (including phenoxy) is 1. The van der Waals surface area contributed by atoms with Gasteiger partial charge in [0, 0.05) is 37.0 Å². The first-order valence-electron chi connectivity index (χ1n) is 10.1. The first-order valence-corrected chi connectivity index (χ1v) is 11.2. The van der Waals surface area contributed by atoms with Gasteiger partial charge in [-0.05, 0) is 47.5 Å². The number of allylic oxidation sites excluding steroid dienone is 1. The zero-order valence-electron chi connectivity index (χ0n) is 18.2. The summed E-state index contributed by atoms with van der Waals surface area (Å²) >= 11 is 0. The molecule has 1 aromatic heterocycles. The minimum atomic E-state index is -1.86. The van der Waals surface area contributed by atoms with Crippen LogP contribution >= 0.6 is 0 Å². The molecular weight excluding hydrogens is 464 g/mol. The molecule has 0 saturated carbocycles. The number of hydrogen-bond acceptors (Lipinski definition) is 5. The summed E-state index contributed by atoms with van der Waals surface area (Å²) in [5, 5.41) is 2.76.